The lowest BCUT2D eigenvalue weighted by Crippen LogP contribution is -2.27. The second-order valence-electron chi connectivity index (χ2n) is 5.76. The van der Waals surface area contributed by atoms with Crippen molar-refractivity contribution < 1.29 is 0 Å². The van der Waals surface area contributed by atoms with Crippen LogP contribution in [0.2, 0.25) is 0 Å². The third-order valence-electron chi connectivity index (χ3n) is 3.75. The molecule has 4 heteroatoms. The average molecular weight is 279 g/mol. The third kappa shape index (κ3) is 4.10. The van der Waals surface area contributed by atoms with E-state index in [0.717, 1.165) is 22.6 Å². The lowest BCUT2D eigenvalue weighted by atomic mass is 9.95. The van der Waals surface area contributed by atoms with E-state index in [1.54, 1.807) is 0 Å². The van der Waals surface area contributed by atoms with Gasteiger partial charge in [0.25, 0.3) is 0 Å². The third-order valence-corrected chi connectivity index (χ3v) is 4.89. The van der Waals surface area contributed by atoms with E-state index in [0.29, 0.717) is 12.0 Å². The van der Waals surface area contributed by atoms with Crippen LogP contribution in [0.1, 0.15) is 57.0 Å². The van der Waals surface area contributed by atoms with E-state index in [1.807, 2.05) is 18.7 Å². The summed E-state index contributed by atoms with van der Waals surface area (Å²) in [5.74, 6) is 2.33. The molecule has 2 rings (SSSR count). The smallest absolute Gasteiger partial charge is 0.133 e. The highest BCUT2D eigenvalue weighted by atomic mass is 32.2. The Labute approximate surface area is 121 Å². The summed E-state index contributed by atoms with van der Waals surface area (Å²) in [7, 11) is 0. The minimum absolute atomic E-state index is 0.382. The summed E-state index contributed by atoms with van der Waals surface area (Å²) in [6.45, 7) is 6.33. The monoisotopic (exact) mass is 279 g/mol. The standard InChI is InChI=1S/C15H25N3S/c1-10(2)15-16-11(3)9-14(18-15)17-12-5-7-13(19-4)8-6-12/h9-10,12-13H,5-8H2,1-4H3,(H,16,17,18). The van der Waals surface area contributed by atoms with Gasteiger partial charge in [0.1, 0.15) is 11.6 Å². The molecule has 0 amide bonds. The number of nitrogens with zero attached hydrogens (tertiary/aromatic N) is 2. The molecule has 1 heterocycles. The predicted octanol–water partition coefficient (Wildman–Crippen LogP) is 3.99. The van der Waals surface area contributed by atoms with Crippen LogP contribution in [0.25, 0.3) is 0 Å². The molecule has 1 saturated carbocycles. The summed E-state index contributed by atoms with van der Waals surface area (Å²) < 4.78 is 0. The highest BCUT2D eigenvalue weighted by molar-refractivity contribution is 7.99. The van der Waals surface area contributed by atoms with Crippen molar-refractivity contribution in [1.82, 2.24) is 9.97 Å². The fraction of sp³-hybridized carbons (Fsp3) is 0.733. The molecule has 1 aromatic heterocycles. The molecular formula is C15H25N3S. The van der Waals surface area contributed by atoms with Crippen LogP contribution in [-0.2, 0) is 0 Å². The minimum Gasteiger partial charge on any atom is -0.367 e. The summed E-state index contributed by atoms with van der Waals surface area (Å²) in [6.07, 6.45) is 7.37. The van der Waals surface area contributed by atoms with Crippen molar-refractivity contribution in [3.8, 4) is 0 Å². The van der Waals surface area contributed by atoms with Crippen LogP contribution >= 0.6 is 11.8 Å². The van der Waals surface area contributed by atoms with E-state index >= 15 is 0 Å². The second-order valence-corrected chi connectivity index (χ2v) is 6.90. The molecule has 3 nitrogen and oxygen atoms in total. The molecule has 0 radical (unpaired) electrons. The maximum absolute atomic E-state index is 4.64. The Hall–Kier alpha value is -0.770. The van der Waals surface area contributed by atoms with Gasteiger partial charge in [-0.2, -0.15) is 11.8 Å². The van der Waals surface area contributed by atoms with E-state index in [-0.39, 0.29) is 0 Å². The summed E-state index contributed by atoms with van der Waals surface area (Å²) in [4.78, 5) is 9.14. The zero-order chi connectivity index (χ0) is 13.8. The molecule has 1 N–H and O–H groups in total. The van der Waals surface area contributed by atoms with Gasteiger partial charge in [-0.05, 0) is 38.9 Å². The zero-order valence-electron chi connectivity index (χ0n) is 12.4. The molecule has 0 aliphatic heterocycles. The molecule has 0 spiro atoms. The molecule has 106 valence electrons. The molecule has 0 unspecified atom stereocenters. The Balaban J connectivity index is 1.99. The van der Waals surface area contributed by atoms with Crippen molar-refractivity contribution in [1.29, 1.82) is 0 Å². The number of rotatable bonds is 4. The first kappa shape index (κ1) is 14.6. The summed E-state index contributed by atoms with van der Waals surface area (Å²) in [6, 6.07) is 2.64. The normalized spacial score (nSPS) is 23.6. The number of anilines is 1. The van der Waals surface area contributed by atoms with Gasteiger partial charge in [0.15, 0.2) is 0 Å². The summed E-state index contributed by atoms with van der Waals surface area (Å²) in [5, 5.41) is 4.46. The molecule has 0 aromatic carbocycles. The van der Waals surface area contributed by atoms with Crippen molar-refractivity contribution >= 4 is 17.6 Å². The van der Waals surface area contributed by atoms with Crippen LogP contribution in [0.15, 0.2) is 6.07 Å². The molecule has 0 atom stereocenters. The Morgan fingerprint density at radius 1 is 1.21 bits per heavy atom. The molecule has 1 aliphatic carbocycles. The molecule has 1 fully saturated rings. The number of hydrogen-bond acceptors (Lipinski definition) is 4. The quantitative estimate of drug-likeness (QED) is 0.904. The van der Waals surface area contributed by atoms with Crippen molar-refractivity contribution in [2.45, 2.75) is 63.7 Å². The fourth-order valence-corrected chi connectivity index (χ4v) is 3.32. The lowest BCUT2D eigenvalue weighted by molar-refractivity contribution is 0.472. The van der Waals surface area contributed by atoms with Crippen LogP contribution in [0.4, 0.5) is 5.82 Å². The van der Waals surface area contributed by atoms with E-state index in [4.69, 9.17) is 0 Å². The predicted molar refractivity (Wildman–Crippen MR) is 84.0 cm³/mol. The van der Waals surface area contributed by atoms with Crippen molar-refractivity contribution in [2.24, 2.45) is 0 Å². The molecule has 1 aliphatic rings. The van der Waals surface area contributed by atoms with E-state index in [2.05, 4.69) is 41.5 Å². The fourth-order valence-electron chi connectivity index (χ4n) is 2.58. The van der Waals surface area contributed by atoms with Crippen LogP contribution in [0.5, 0.6) is 0 Å². The van der Waals surface area contributed by atoms with E-state index in [1.165, 1.54) is 25.7 Å². The maximum Gasteiger partial charge on any atom is 0.133 e. The Morgan fingerprint density at radius 3 is 2.47 bits per heavy atom. The highest BCUT2D eigenvalue weighted by Gasteiger charge is 2.20. The molecule has 19 heavy (non-hydrogen) atoms. The van der Waals surface area contributed by atoms with Crippen molar-refractivity contribution in [3.05, 3.63) is 17.6 Å². The van der Waals surface area contributed by atoms with E-state index in [9.17, 15) is 0 Å². The first-order valence-corrected chi connectivity index (χ1v) is 8.52. The second kappa shape index (κ2) is 6.60. The Kier molecular flexibility index (Phi) is 5.08. The van der Waals surface area contributed by atoms with Crippen LogP contribution in [-0.4, -0.2) is 27.5 Å². The topological polar surface area (TPSA) is 37.8 Å². The highest BCUT2D eigenvalue weighted by Crippen LogP contribution is 2.28. The van der Waals surface area contributed by atoms with Gasteiger partial charge in [-0.15, -0.1) is 0 Å². The maximum atomic E-state index is 4.64. The largest absolute Gasteiger partial charge is 0.367 e. The Morgan fingerprint density at radius 2 is 1.89 bits per heavy atom. The summed E-state index contributed by atoms with van der Waals surface area (Å²) >= 11 is 2.01. The molecule has 0 bridgehead atoms. The van der Waals surface area contributed by atoms with Gasteiger partial charge < -0.3 is 5.32 Å². The summed E-state index contributed by atoms with van der Waals surface area (Å²) in [5.41, 5.74) is 1.05. The Bertz CT molecular complexity index is 412. The van der Waals surface area contributed by atoms with Gasteiger partial charge in [-0.25, -0.2) is 9.97 Å². The van der Waals surface area contributed by atoms with Gasteiger partial charge in [-0.3, -0.25) is 0 Å². The molecule has 0 saturated heterocycles. The minimum atomic E-state index is 0.382. The van der Waals surface area contributed by atoms with Gasteiger partial charge in [-0.1, -0.05) is 13.8 Å². The van der Waals surface area contributed by atoms with Gasteiger partial charge in [0.05, 0.1) is 0 Å². The number of aryl methyl sites for hydroxylation is 1. The number of thioether (sulfide) groups is 1. The van der Waals surface area contributed by atoms with Crippen LogP contribution in [0.3, 0.4) is 0 Å². The van der Waals surface area contributed by atoms with Crippen molar-refractivity contribution in [2.75, 3.05) is 11.6 Å². The van der Waals surface area contributed by atoms with Crippen LogP contribution < -0.4 is 5.32 Å². The van der Waals surface area contributed by atoms with Gasteiger partial charge in [0.2, 0.25) is 0 Å². The number of nitrogens with one attached hydrogen (secondary N) is 1. The first-order valence-electron chi connectivity index (χ1n) is 7.23. The van der Waals surface area contributed by atoms with Crippen LogP contribution in [0, 0.1) is 6.92 Å². The zero-order valence-corrected chi connectivity index (χ0v) is 13.3. The average Bonchev–Trinajstić information content (AvgIpc) is 2.39. The van der Waals surface area contributed by atoms with Gasteiger partial charge >= 0.3 is 0 Å². The van der Waals surface area contributed by atoms with Crippen molar-refractivity contribution in [3.63, 3.8) is 0 Å². The molecule has 1 aromatic rings. The first-order chi connectivity index (χ1) is 9.08. The number of aromatic nitrogens is 2. The SMILES string of the molecule is CSC1CCC(Nc2cc(C)nc(C(C)C)n2)CC1. The van der Waals surface area contributed by atoms with E-state index < -0.39 is 0 Å². The molecular weight excluding hydrogens is 254 g/mol. The lowest BCUT2D eigenvalue weighted by Gasteiger charge is -2.28. The number of hydrogen-bond donors (Lipinski definition) is 1. The van der Waals surface area contributed by atoms with Gasteiger partial charge in [0, 0.05) is 29.0 Å².